The summed E-state index contributed by atoms with van der Waals surface area (Å²) < 4.78 is 16.9. The molecule has 0 aliphatic carbocycles. The normalized spacial score (nSPS) is 10.7. The molecule has 8 heteroatoms. The summed E-state index contributed by atoms with van der Waals surface area (Å²) in [6.45, 7) is 0.274. The van der Waals surface area contributed by atoms with Crippen LogP contribution in [0.4, 0.5) is 5.13 Å². The number of carbonyl (C=O) groups excluding carboxylic acids is 1. The van der Waals surface area contributed by atoms with Crippen molar-refractivity contribution in [2.45, 2.75) is 6.54 Å². The van der Waals surface area contributed by atoms with Crippen LogP contribution in [0.1, 0.15) is 16.1 Å². The Morgan fingerprint density at radius 3 is 2.32 bits per heavy atom. The summed E-state index contributed by atoms with van der Waals surface area (Å²) in [4.78, 5) is 24.3. The molecule has 0 saturated heterocycles. The van der Waals surface area contributed by atoms with Gasteiger partial charge in [0.15, 0.2) is 5.13 Å². The summed E-state index contributed by atoms with van der Waals surface area (Å²) in [5, 5.41) is 0.570. The number of amides is 1. The lowest BCUT2D eigenvalue weighted by molar-refractivity contribution is 0.0984. The summed E-state index contributed by atoms with van der Waals surface area (Å²) in [7, 11) is 4.72. The minimum Gasteiger partial charge on any atom is -0.497 e. The summed E-state index contributed by atoms with van der Waals surface area (Å²) in [5.41, 5.74) is 1.98. The molecule has 0 aliphatic heterocycles. The maximum atomic E-state index is 13.6. The van der Waals surface area contributed by atoms with Crippen LogP contribution in [0.15, 0.2) is 60.8 Å². The Balaban J connectivity index is 1.78. The fourth-order valence-corrected chi connectivity index (χ4v) is 4.09. The van der Waals surface area contributed by atoms with Crippen molar-refractivity contribution >= 4 is 32.6 Å². The lowest BCUT2D eigenvalue weighted by atomic mass is 10.1. The second-order valence-electron chi connectivity index (χ2n) is 6.64. The van der Waals surface area contributed by atoms with E-state index < -0.39 is 0 Å². The number of thiazole rings is 1. The van der Waals surface area contributed by atoms with Gasteiger partial charge < -0.3 is 14.2 Å². The lowest BCUT2D eigenvalue weighted by Crippen LogP contribution is -2.30. The van der Waals surface area contributed by atoms with Gasteiger partial charge in [0.05, 0.1) is 43.8 Å². The molecule has 0 fully saturated rings. The molecule has 0 atom stereocenters. The highest BCUT2D eigenvalue weighted by Crippen LogP contribution is 2.33. The fraction of sp³-hybridized carbons (Fsp3) is 0.174. The smallest absolute Gasteiger partial charge is 0.260 e. The van der Waals surface area contributed by atoms with Crippen molar-refractivity contribution in [2.24, 2.45) is 0 Å². The number of fused-ring (bicyclic) bond motifs is 1. The molecule has 0 spiro atoms. The molecule has 2 aromatic heterocycles. The summed E-state index contributed by atoms with van der Waals surface area (Å²) in [5.74, 6) is 1.58. The molecule has 158 valence electrons. The van der Waals surface area contributed by atoms with Crippen LogP contribution in [-0.2, 0) is 6.54 Å². The van der Waals surface area contributed by atoms with E-state index in [0.29, 0.717) is 22.2 Å². The van der Waals surface area contributed by atoms with E-state index in [1.165, 1.54) is 11.3 Å². The number of hydrogen-bond donors (Lipinski definition) is 0. The lowest BCUT2D eigenvalue weighted by Gasteiger charge is -2.20. The first kappa shape index (κ1) is 20.6. The standard InChI is InChI=1S/C23H21N3O4S/c1-28-17-7-8-20-21(13-17)31-23(25-20)26(14-16-6-4-5-9-24-16)22(27)15-10-18(29-2)12-19(11-15)30-3/h4-13H,14H2,1-3H3. The number of nitrogens with zero attached hydrogens (tertiary/aromatic N) is 3. The predicted molar refractivity (Wildman–Crippen MR) is 120 cm³/mol. The minimum atomic E-state index is -0.228. The van der Waals surface area contributed by atoms with E-state index in [9.17, 15) is 4.79 Å². The van der Waals surface area contributed by atoms with Crippen molar-refractivity contribution in [3.63, 3.8) is 0 Å². The van der Waals surface area contributed by atoms with Crippen LogP contribution in [0.25, 0.3) is 10.2 Å². The Labute approximate surface area is 183 Å². The number of pyridine rings is 1. The molecule has 0 unspecified atom stereocenters. The van der Waals surface area contributed by atoms with Crippen molar-refractivity contribution in [1.82, 2.24) is 9.97 Å². The van der Waals surface area contributed by atoms with Gasteiger partial charge in [-0.2, -0.15) is 0 Å². The van der Waals surface area contributed by atoms with Gasteiger partial charge in [-0.15, -0.1) is 0 Å². The Morgan fingerprint density at radius 2 is 1.68 bits per heavy atom. The van der Waals surface area contributed by atoms with Crippen molar-refractivity contribution in [3.8, 4) is 17.2 Å². The number of benzene rings is 2. The van der Waals surface area contributed by atoms with Crippen LogP contribution in [0.5, 0.6) is 17.2 Å². The quantitative estimate of drug-likeness (QED) is 0.424. The van der Waals surface area contributed by atoms with E-state index in [2.05, 4.69) is 4.98 Å². The zero-order valence-corrected chi connectivity index (χ0v) is 18.2. The van der Waals surface area contributed by atoms with Crippen molar-refractivity contribution < 1.29 is 19.0 Å². The van der Waals surface area contributed by atoms with Gasteiger partial charge in [0.2, 0.25) is 0 Å². The van der Waals surface area contributed by atoms with Gasteiger partial charge in [0.1, 0.15) is 17.2 Å². The first-order valence-corrected chi connectivity index (χ1v) is 10.3. The monoisotopic (exact) mass is 435 g/mol. The maximum absolute atomic E-state index is 13.6. The second kappa shape index (κ2) is 9.01. The van der Waals surface area contributed by atoms with Gasteiger partial charge >= 0.3 is 0 Å². The van der Waals surface area contributed by atoms with Gasteiger partial charge in [0.25, 0.3) is 5.91 Å². The molecule has 1 amide bonds. The summed E-state index contributed by atoms with van der Waals surface area (Å²) in [6, 6.07) is 16.4. The number of ether oxygens (including phenoxy) is 3. The molecule has 0 radical (unpaired) electrons. The average Bonchev–Trinajstić information content (AvgIpc) is 3.25. The van der Waals surface area contributed by atoms with E-state index in [0.717, 1.165) is 21.7 Å². The molecule has 4 rings (SSSR count). The van der Waals surface area contributed by atoms with Gasteiger partial charge in [0, 0.05) is 17.8 Å². The zero-order chi connectivity index (χ0) is 21.8. The zero-order valence-electron chi connectivity index (χ0n) is 17.4. The topological polar surface area (TPSA) is 73.8 Å². The minimum absolute atomic E-state index is 0.228. The van der Waals surface area contributed by atoms with E-state index in [-0.39, 0.29) is 12.5 Å². The molecule has 2 heterocycles. The molecule has 0 aliphatic rings. The molecular formula is C23H21N3O4S. The Bertz CT molecular complexity index is 1190. The summed E-state index contributed by atoms with van der Waals surface area (Å²) in [6.07, 6.45) is 1.70. The fourth-order valence-electron chi connectivity index (χ4n) is 3.10. The third-order valence-electron chi connectivity index (χ3n) is 4.71. The Morgan fingerprint density at radius 1 is 0.935 bits per heavy atom. The van der Waals surface area contributed by atoms with Crippen molar-refractivity contribution in [2.75, 3.05) is 26.2 Å². The van der Waals surface area contributed by atoms with Crippen LogP contribution < -0.4 is 19.1 Å². The van der Waals surface area contributed by atoms with Gasteiger partial charge in [-0.25, -0.2) is 4.98 Å². The Kier molecular flexibility index (Phi) is 5.99. The van der Waals surface area contributed by atoms with Gasteiger partial charge in [-0.1, -0.05) is 17.4 Å². The third-order valence-corrected chi connectivity index (χ3v) is 5.75. The van der Waals surface area contributed by atoms with Gasteiger partial charge in [-0.3, -0.25) is 14.7 Å². The number of anilines is 1. The SMILES string of the molecule is COc1cc(OC)cc(C(=O)N(Cc2ccccn2)c2nc3ccc(OC)cc3s2)c1. The number of methoxy groups -OCH3 is 3. The molecule has 2 aromatic carbocycles. The maximum Gasteiger partial charge on any atom is 0.260 e. The second-order valence-corrected chi connectivity index (χ2v) is 7.65. The number of carbonyl (C=O) groups is 1. The largest absolute Gasteiger partial charge is 0.497 e. The van der Waals surface area contributed by atoms with E-state index in [4.69, 9.17) is 19.2 Å². The summed E-state index contributed by atoms with van der Waals surface area (Å²) >= 11 is 1.42. The van der Waals surface area contributed by atoms with Crippen LogP contribution >= 0.6 is 11.3 Å². The molecular weight excluding hydrogens is 414 g/mol. The number of aromatic nitrogens is 2. The van der Waals surface area contributed by atoms with E-state index in [1.54, 1.807) is 50.6 Å². The van der Waals surface area contributed by atoms with Crippen LogP contribution in [0, 0.1) is 0 Å². The highest BCUT2D eigenvalue weighted by atomic mass is 32.1. The Hall–Kier alpha value is -3.65. The molecule has 0 N–H and O–H groups in total. The average molecular weight is 436 g/mol. The number of hydrogen-bond acceptors (Lipinski definition) is 7. The van der Waals surface area contributed by atoms with Crippen LogP contribution in [-0.4, -0.2) is 37.2 Å². The molecule has 7 nitrogen and oxygen atoms in total. The van der Waals surface area contributed by atoms with Crippen LogP contribution in [0.2, 0.25) is 0 Å². The van der Waals surface area contributed by atoms with E-state index >= 15 is 0 Å². The predicted octanol–water partition coefficient (Wildman–Crippen LogP) is 4.56. The first-order valence-electron chi connectivity index (χ1n) is 9.50. The highest BCUT2D eigenvalue weighted by molar-refractivity contribution is 7.22. The van der Waals surface area contributed by atoms with Crippen molar-refractivity contribution in [1.29, 1.82) is 0 Å². The number of rotatable bonds is 7. The van der Waals surface area contributed by atoms with Crippen LogP contribution in [0.3, 0.4) is 0 Å². The van der Waals surface area contributed by atoms with Crippen molar-refractivity contribution in [3.05, 3.63) is 72.1 Å². The third kappa shape index (κ3) is 4.44. The molecule has 0 bridgehead atoms. The highest BCUT2D eigenvalue weighted by Gasteiger charge is 2.23. The first-order chi connectivity index (χ1) is 15.1. The molecule has 31 heavy (non-hydrogen) atoms. The van der Waals surface area contributed by atoms with E-state index in [1.807, 2.05) is 36.4 Å². The van der Waals surface area contributed by atoms with Gasteiger partial charge in [-0.05, 0) is 42.5 Å². The molecule has 4 aromatic rings. The molecule has 0 saturated carbocycles.